The number of rotatable bonds is 8. The lowest BCUT2D eigenvalue weighted by Crippen LogP contribution is -2.19. The van der Waals surface area contributed by atoms with Gasteiger partial charge in [0, 0.05) is 25.8 Å². The number of halogens is 1. The van der Waals surface area contributed by atoms with Gasteiger partial charge in [-0.3, -0.25) is 0 Å². The lowest BCUT2D eigenvalue weighted by molar-refractivity contribution is 0.198. The Morgan fingerprint density at radius 2 is 2.24 bits per heavy atom. The molecule has 0 atom stereocenters. The molecule has 0 saturated heterocycles. The van der Waals surface area contributed by atoms with Crippen LogP contribution in [0, 0.1) is 6.92 Å². The minimum Gasteiger partial charge on any atom is -0.482 e. The van der Waals surface area contributed by atoms with Gasteiger partial charge in [-0.05, 0) is 13.0 Å². The second-order valence-electron chi connectivity index (χ2n) is 4.42. The highest BCUT2D eigenvalue weighted by molar-refractivity contribution is 6.32. The Morgan fingerprint density at radius 3 is 2.95 bits per heavy atom. The van der Waals surface area contributed by atoms with Crippen LogP contribution in [0.4, 0.5) is 0 Å². The monoisotopic (exact) mass is 311 g/mol. The van der Waals surface area contributed by atoms with Gasteiger partial charge in [0.2, 0.25) is 0 Å². The first kappa shape index (κ1) is 15.8. The van der Waals surface area contributed by atoms with Gasteiger partial charge in [0.05, 0.1) is 11.6 Å². The molecule has 7 heteroatoms. The minimum atomic E-state index is 0.190. The van der Waals surface area contributed by atoms with E-state index in [9.17, 15) is 0 Å². The second-order valence-corrected chi connectivity index (χ2v) is 4.83. The van der Waals surface area contributed by atoms with E-state index < -0.39 is 0 Å². The van der Waals surface area contributed by atoms with E-state index in [0.717, 1.165) is 12.1 Å². The third kappa shape index (κ3) is 4.70. The molecular weight excluding hydrogens is 294 g/mol. The van der Waals surface area contributed by atoms with Gasteiger partial charge in [-0.2, -0.15) is 4.98 Å². The number of hydrogen-bond donors (Lipinski definition) is 1. The molecule has 1 aromatic carbocycles. The van der Waals surface area contributed by atoms with Crippen LogP contribution in [0.2, 0.25) is 5.02 Å². The summed E-state index contributed by atoms with van der Waals surface area (Å²) in [7, 11) is 1.67. The lowest BCUT2D eigenvalue weighted by atomic mass is 10.2. The van der Waals surface area contributed by atoms with Gasteiger partial charge in [-0.25, -0.2) is 0 Å². The molecule has 2 aromatic rings. The number of ether oxygens (including phenoxy) is 2. The molecule has 6 nitrogen and oxygen atoms in total. The summed E-state index contributed by atoms with van der Waals surface area (Å²) >= 11 is 6.20. The number of aryl methyl sites for hydroxylation is 1. The zero-order valence-corrected chi connectivity index (χ0v) is 12.8. The van der Waals surface area contributed by atoms with Gasteiger partial charge in [-0.15, -0.1) is 0 Å². The van der Waals surface area contributed by atoms with E-state index in [1.165, 1.54) is 0 Å². The van der Waals surface area contributed by atoms with Gasteiger partial charge in [-0.1, -0.05) is 28.9 Å². The molecular formula is C14H18ClN3O3. The fourth-order valence-corrected chi connectivity index (χ4v) is 2.03. The average Bonchev–Trinajstić information content (AvgIpc) is 2.88. The summed E-state index contributed by atoms with van der Waals surface area (Å²) in [6.07, 6.45) is 0. The fraction of sp³-hybridized carbons (Fsp3) is 0.429. The van der Waals surface area contributed by atoms with Crippen molar-refractivity contribution in [3.05, 3.63) is 40.5 Å². The standard InChI is InChI=1S/C14H18ClN3O3/c1-10-17-13(21-18-10)9-20-14-11(4-3-5-12(14)15)8-16-6-7-19-2/h3-5,16H,6-9H2,1-2H3. The van der Waals surface area contributed by atoms with Gasteiger partial charge >= 0.3 is 0 Å². The van der Waals surface area contributed by atoms with E-state index in [1.807, 2.05) is 12.1 Å². The van der Waals surface area contributed by atoms with Crippen molar-refractivity contribution < 1.29 is 14.0 Å². The summed E-state index contributed by atoms with van der Waals surface area (Å²) in [6, 6.07) is 5.63. The van der Waals surface area contributed by atoms with Crippen molar-refractivity contribution in [2.45, 2.75) is 20.1 Å². The summed E-state index contributed by atoms with van der Waals surface area (Å²) < 4.78 is 15.7. The molecule has 1 N–H and O–H groups in total. The molecule has 1 aromatic heterocycles. The van der Waals surface area contributed by atoms with Gasteiger partial charge in [0.25, 0.3) is 5.89 Å². The van der Waals surface area contributed by atoms with Crippen LogP contribution in [0.3, 0.4) is 0 Å². The largest absolute Gasteiger partial charge is 0.482 e. The molecule has 2 rings (SSSR count). The maximum atomic E-state index is 6.20. The molecule has 0 spiro atoms. The third-order valence-electron chi connectivity index (χ3n) is 2.76. The number of methoxy groups -OCH3 is 1. The molecule has 0 amide bonds. The predicted octanol–water partition coefficient (Wildman–Crippen LogP) is 2.35. The summed E-state index contributed by atoms with van der Waals surface area (Å²) in [6.45, 7) is 3.99. The van der Waals surface area contributed by atoms with Crippen molar-refractivity contribution in [1.82, 2.24) is 15.5 Å². The molecule has 0 aliphatic carbocycles. The van der Waals surface area contributed by atoms with Gasteiger partial charge in [0.1, 0.15) is 5.75 Å². The smallest absolute Gasteiger partial charge is 0.264 e. The Kier molecular flexibility index (Phi) is 5.98. The van der Waals surface area contributed by atoms with E-state index in [-0.39, 0.29) is 6.61 Å². The van der Waals surface area contributed by atoms with Crippen LogP contribution in [0.25, 0.3) is 0 Å². The molecule has 0 aliphatic heterocycles. The Hall–Kier alpha value is -1.63. The first-order valence-corrected chi connectivity index (χ1v) is 6.97. The minimum absolute atomic E-state index is 0.190. The van der Waals surface area contributed by atoms with Crippen molar-refractivity contribution in [3.8, 4) is 5.75 Å². The fourth-order valence-electron chi connectivity index (χ4n) is 1.78. The highest BCUT2D eigenvalue weighted by Crippen LogP contribution is 2.29. The van der Waals surface area contributed by atoms with Crippen LogP contribution in [0.1, 0.15) is 17.3 Å². The molecule has 0 unspecified atom stereocenters. The predicted molar refractivity (Wildman–Crippen MR) is 78.4 cm³/mol. The first-order valence-electron chi connectivity index (χ1n) is 6.59. The lowest BCUT2D eigenvalue weighted by Gasteiger charge is -2.12. The van der Waals surface area contributed by atoms with E-state index in [0.29, 0.717) is 35.6 Å². The third-order valence-corrected chi connectivity index (χ3v) is 3.05. The molecule has 0 bridgehead atoms. The van der Waals surface area contributed by atoms with Crippen LogP contribution in [-0.4, -0.2) is 30.4 Å². The zero-order valence-electron chi connectivity index (χ0n) is 12.1. The molecule has 0 aliphatic rings. The van der Waals surface area contributed by atoms with E-state index >= 15 is 0 Å². The van der Waals surface area contributed by atoms with Crippen LogP contribution < -0.4 is 10.1 Å². The Labute approximate surface area is 128 Å². The summed E-state index contributed by atoms with van der Waals surface area (Å²) in [5.74, 6) is 1.62. The Morgan fingerprint density at radius 1 is 1.38 bits per heavy atom. The van der Waals surface area contributed by atoms with E-state index in [2.05, 4.69) is 15.5 Å². The number of para-hydroxylation sites is 1. The highest BCUT2D eigenvalue weighted by atomic mass is 35.5. The van der Waals surface area contributed by atoms with Crippen molar-refractivity contribution in [3.63, 3.8) is 0 Å². The molecule has 0 saturated carbocycles. The van der Waals surface area contributed by atoms with Gasteiger partial charge in [0.15, 0.2) is 12.4 Å². The highest BCUT2D eigenvalue weighted by Gasteiger charge is 2.11. The van der Waals surface area contributed by atoms with Crippen molar-refractivity contribution in [2.24, 2.45) is 0 Å². The quantitative estimate of drug-likeness (QED) is 0.755. The summed E-state index contributed by atoms with van der Waals surface area (Å²) in [4.78, 5) is 4.09. The number of nitrogens with zero attached hydrogens (tertiary/aromatic N) is 2. The molecule has 1 heterocycles. The number of benzene rings is 1. The maximum Gasteiger partial charge on any atom is 0.264 e. The topological polar surface area (TPSA) is 69.4 Å². The first-order chi connectivity index (χ1) is 10.2. The number of hydrogen-bond acceptors (Lipinski definition) is 6. The molecule has 114 valence electrons. The van der Waals surface area contributed by atoms with Crippen molar-refractivity contribution >= 4 is 11.6 Å². The Balaban J connectivity index is 1.99. The Bertz CT molecular complexity index is 574. The van der Waals surface area contributed by atoms with Gasteiger partial charge < -0.3 is 19.3 Å². The second kappa shape index (κ2) is 7.97. The van der Waals surface area contributed by atoms with E-state index in [4.69, 9.17) is 25.6 Å². The van der Waals surface area contributed by atoms with Crippen LogP contribution in [0.5, 0.6) is 5.75 Å². The van der Waals surface area contributed by atoms with Crippen molar-refractivity contribution in [2.75, 3.05) is 20.3 Å². The SMILES string of the molecule is COCCNCc1cccc(Cl)c1OCc1nc(C)no1. The van der Waals surface area contributed by atoms with Crippen LogP contribution >= 0.6 is 11.6 Å². The number of nitrogens with one attached hydrogen (secondary N) is 1. The number of aromatic nitrogens is 2. The maximum absolute atomic E-state index is 6.20. The summed E-state index contributed by atoms with van der Waals surface area (Å²) in [5.41, 5.74) is 0.967. The average molecular weight is 312 g/mol. The molecule has 0 radical (unpaired) electrons. The van der Waals surface area contributed by atoms with Crippen molar-refractivity contribution in [1.29, 1.82) is 0 Å². The molecule has 21 heavy (non-hydrogen) atoms. The van der Waals surface area contributed by atoms with E-state index in [1.54, 1.807) is 20.1 Å². The molecule has 0 fully saturated rings. The zero-order chi connectivity index (χ0) is 15.1. The van der Waals surface area contributed by atoms with Crippen LogP contribution in [-0.2, 0) is 17.9 Å². The van der Waals surface area contributed by atoms with Crippen LogP contribution in [0.15, 0.2) is 22.7 Å². The normalized spacial score (nSPS) is 10.8. The summed E-state index contributed by atoms with van der Waals surface area (Å²) in [5, 5.41) is 7.53.